The van der Waals surface area contributed by atoms with E-state index in [9.17, 15) is 13.2 Å². The maximum Gasteiger partial charge on any atom is 0.264 e. The highest BCUT2D eigenvalue weighted by Crippen LogP contribution is 2.65. The molecule has 0 saturated heterocycles. The van der Waals surface area contributed by atoms with Crippen LogP contribution in [0.25, 0.3) is 0 Å². The largest absolute Gasteiger partial charge is 0.299 e. The van der Waals surface area contributed by atoms with Crippen LogP contribution in [0.4, 0.5) is 0 Å². The molecule has 0 amide bonds. The molecule has 2 atom stereocenters. The van der Waals surface area contributed by atoms with Crippen LogP contribution in [-0.4, -0.2) is 24.5 Å². The predicted molar refractivity (Wildman–Crippen MR) is 59.6 cm³/mol. The zero-order valence-electron chi connectivity index (χ0n) is 9.69. The van der Waals surface area contributed by atoms with E-state index in [0.717, 1.165) is 12.8 Å². The van der Waals surface area contributed by atoms with Gasteiger partial charge in [0.25, 0.3) is 10.1 Å². The molecule has 92 valence electrons. The van der Waals surface area contributed by atoms with Gasteiger partial charge in [0.2, 0.25) is 0 Å². The maximum absolute atomic E-state index is 12.0. The van der Waals surface area contributed by atoms with Crippen LogP contribution in [0.1, 0.15) is 39.5 Å². The predicted octanol–water partition coefficient (Wildman–Crippen LogP) is 1.66. The molecule has 2 aliphatic rings. The summed E-state index contributed by atoms with van der Waals surface area (Å²) in [5.74, 6) is 0.285. The highest BCUT2D eigenvalue weighted by molar-refractivity contribution is 7.85. The minimum absolute atomic E-state index is 0.116. The number of fused-ring (bicyclic) bond motifs is 2. The first-order chi connectivity index (χ1) is 7.19. The van der Waals surface area contributed by atoms with Crippen molar-refractivity contribution >= 4 is 15.9 Å². The van der Waals surface area contributed by atoms with Crippen molar-refractivity contribution in [2.75, 3.05) is 5.75 Å². The van der Waals surface area contributed by atoms with E-state index in [1.165, 1.54) is 0 Å². The summed E-state index contributed by atoms with van der Waals surface area (Å²) in [6.45, 7) is 4.11. The normalized spacial score (nSPS) is 36.9. The van der Waals surface area contributed by atoms with Crippen LogP contribution < -0.4 is 0 Å². The Hall–Kier alpha value is -0.420. The lowest BCUT2D eigenvalue weighted by Gasteiger charge is -2.36. The fourth-order valence-electron chi connectivity index (χ4n) is 3.66. The molecule has 16 heavy (non-hydrogen) atoms. The lowest BCUT2D eigenvalue weighted by Crippen LogP contribution is -2.37. The first-order valence-corrected chi connectivity index (χ1v) is 7.28. The second-order valence-electron chi connectivity index (χ2n) is 5.70. The molecule has 2 aliphatic carbocycles. The van der Waals surface area contributed by atoms with Crippen LogP contribution in [0.2, 0.25) is 0 Å². The highest BCUT2D eigenvalue weighted by Gasteiger charge is 2.63. The van der Waals surface area contributed by atoms with Crippen molar-refractivity contribution in [3.63, 3.8) is 0 Å². The summed E-state index contributed by atoms with van der Waals surface area (Å²) in [4.78, 5) is 12.0. The van der Waals surface area contributed by atoms with E-state index in [4.69, 9.17) is 4.55 Å². The van der Waals surface area contributed by atoms with Crippen molar-refractivity contribution in [1.29, 1.82) is 0 Å². The molecule has 0 radical (unpaired) electrons. The Morgan fingerprint density at radius 2 is 2.06 bits per heavy atom. The zero-order chi connectivity index (χ0) is 12.2. The van der Waals surface area contributed by atoms with E-state index >= 15 is 0 Å². The van der Waals surface area contributed by atoms with Crippen LogP contribution in [0.3, 0.4) is 0 Å². The Morgan fingerprint density at radius 1 is 1.44 bits per heavy atom. The lowest BCUT2D eigenvalue weighted by atomic mass is 9.67. The molecule has 2 rings (SSSR count). The van der Waals surface area contributed by atoms with Gasteiger partial charge < -0.3 is 0 Å². The minimum atomic E-state index is -3.97. The number of rotatable bonds is 3. The zero-order valence-corrected chi connectivity index (χ0v) is 10.5. The number of hydrogen-bond donors (Lipinski definition) is 1. The van der Waals surface area contributed by atoms with Gasteiger partial charge in [-0.2, -0.15) is 8.42 Å². The Morgan fingerprint density at radius 3 is 2.44 bits per heavy atom. The fourth-order valence-corrected chi connectivity index (χ4v) is 4.27. The quantitative estimate of drug-likeness (QED) is 0.769. The smallest absolute Gasteiger partial charge is 0.264 e. The highest BCUT2D eigenvalue weighted by atomic mass is 32.2. The van der Waals surface area contributed by atoms with E-state index < -0.39 is 15.5 Å². The summed E-state index contributed by atoms with van der Waals surface area (Å²) in [7, 11) is -3.97. The molecule has 1 N–H and O–H groups in total. The molecular formula is C11H18O4S. The SMILES string of the molecule is CC1(C)[C@@H]2CC[C@@]1(CCS(=O)(=O)O)C(=O)C2. The average Bonchev–Trinajstić information content (AvgIpc) is 2.46. The summed E-state index contributed by atoms with van der Waals surface area (Å²) < 4.78 is 30.5. The average molecular weight is 246 g/mol. The summed E-state index contributed by atoms with van der Waals surface area (Å²) in [6.07, 6.45) is 2.63. The van der Waals surface area contributed by atoms with Crippen LogP contribution in [0, 0.1) is 16.7 Å². The van der Waals surface area contributed by atoms with Crippen molar-refractivity contribution in [3.05, 3.63) is 0 Å². The molecule has 4 nitrogen and oxygen atoms in total. The molecular weight excluding hydrogens is 228 g/mol. The van der Waals surface area contributed by atoms with Crippen LogP contribution >= 0.6 is 0 Å². The third-order valence-electron chi connectivity index (χ3n) is 4.93. The van der Waals surface area contributed by atoms with E-state index in [0.29, 0.717) is 12.3 Å². The Bertz CT molecular complexity index is 423. The molecule has 0 heterocycles. The number of ketones is 1. The number of hydrogen-bond acceptors (Lipinski definition) is 3. The standard InChI is InChI=1S/C11H18O4S/c1-10(2)8-3-4-11(10,9(12)7-8)5-6-16(13,14)15/h8H,3-7H2,1-2H3,(H,13,14,15)/t8-,11-/m1/s1. The molecule has 5 heteroatoms. The second-order valence-corrected chi connectivity index (χ2v) is 7.27. The van der Waals surface area contributed by atoms with Gasteiger partial charge in [0.15, 0.2) is 0 Å². The molecule has 0 aromatic rings. The van der Waals surface area contributed by atoms with Gasteiger partial charge in [0, 0.05) is 11.8 Å². The third kappa shape index (κ3) is 1.52. The molecule has 0 spiro atoms. The Balaban J connectivity index is 2.26. The molecule has 0 aliphatic heterocycles. The first-order valence-electron chi connectivity index (χ1n) is 5.67. The van der Waals surface area contributed by atoms with Gasteiger partial charge in [-0.15, -0.1) is 0 Å². The lowest BCUT2D eigenvalue weighted by molar-refractivity contribution is -0.129. The molecule has 0 aromatic carbocycles. The molecule has 2 bridgehead atoms. The summed E-state index contributed by atoms with van der Waals surface area (Å²) in [5.41, 5.74) is -0.623. The van der Waals surface area contributed by atoms with E-state index in [1.54, 1.807) is 0 Å². The topological polar surface area (TPSA) is 71.4 Å². The summed E-state index contributed by atoms with van der Waals surface area (Å²) in [5, 5.41) is 0. The van der Waals surface area contributed by atoms with Crippen molar-refractivity contribution < 1.29 is 17.8 Å². The van der Waals surface area contributed by atoms with E-state index in [-0.39, 0.29) is 23.4 Å². The Kier molecular flexibility index (Phi) is 2.48. The number of Topliss-reactive ketones (excluding diaryl/α,β-unsaturated/α-hetero) is 1. The van der Waals surface area contributed by atoms with Crippen molar-refractivity contribution in [1.82, 2.24) is 0 Å². The maximum atomic E-state index is 12.0. The van der Waals surface area contributed by atoms with Gasteiger partial charge in [-0.25, -0.2) is 0 Å². The van der Waals surface area contributed by atoms with E-state index in [2.05, 4.69) is 13.8 Å². The summed E-state index contributed by atoms with van der Waals surface area (Å²) in [6, 6.07) is 0. The van der Waals surface area contributed by atoms with Crippen molar-refractivity contribution in [2.24, 2.45) is 16.7 Å². The van der Waals surface area contributed by atoms with Gasteiger partial charge in [0.05, 0.1) is 5.75 Å². The Labute approximate surface area is 96.2 Å². The van der Waals surface area contributed by atoms with Gasteiger partial charge in [-0.05, 0) is 30.6 Å². The van der Waals surface area contributed by atoms with Crippen LogP contribution in [-0.2, 0) is 14.9 Å². The summed E-state index contributed by atoms with van der Waals surface area (Å²) >= 11 is 0. The van der Waals surface area contributed by atoms with Gasteiger partial charge in [-0.3, -0.25) is 9.35 Å². The van der Waals surface area contributed by atoms with Crippen molar-refractivity contribution in [3.8, 4) is 0 Å². The van der Waals surface area contributed by atoms with Gasteiger partial charge in [-0.1, -0.05) is 13.8 Å². The van der Waals surface area contributed by atoms with Crippen LogP contribution in [0.5, 0.6) is 0 Å². The van der Waals surface area contributed by atoms with Gasteiger partial charge in [0.1, 0.15) is 5.78 Å². The third-order valence-corrected chi connectivity index (χ3v) is 5.65. The van der Waals surface area contributed by atoms with Crippen molar-refractivity contribution in [2.45, 2.75) is 39.5 Å². The monoisotopic (exact) mass is 246 g/mol. The fraction of sp³-hybridized carbons (Fsp3) is 0.909. The molecule has 0 unspecified atom stereocenters. The van der Waals surface area contributed by atoms with Crippen LogP contribution in [0.15, 0.2) is 0 Å². The van der Waals surface area contributed by atoms with Gasteiger partial charge >= 0.3 is 0 Å². The minimum Gasteiger partial charge on any atom is -0.299 e. The number of carbonyl (C=O) groups is 1. The molecule has 0 aromatic heterocycles. The number of carbonyl (C=O) groups excluding carboxylic acids is 1. The molecule has 2 fully saturated rings. The first kappa shape index (κ1) is 12.0. The second kappa shape index (κ2) is 3.29. The molecule has 2 saturated carbocycles. The van der Waals surface area contributed by atoms with E-state index in [1.807, 2.05) is 0 Å².